The van der Waals surface area contributed by atoms with E-state index in [9.17, 15) is 15.0 Å². The normalized spacial score (nSPS) is 23.2. The average Bonchev–Trinajstić information content (AvgIpc) is 3.28. The summed E-state index contributed by atoms with van der Waals surface area (Å²) in [5.74, 6) is 0.870. The number of rotatable bonds is 13. The first-order chi connectivity index (χ1) is 13.5. The van der Waals surface area contributed by atoms with E-state index in [1.54, 1.807) is 0 Å². The van der Waals surface area contributed by atoms with Gasteiger partial charge in [0.2, 0.25) is 0 Å². The maximum Gasteiger partial charge on any atom is 0.174 e. The van der Waals surface area contributed by atoms with Crippen LogP contribution in [0.25, 0.3) is 0 Å². The van der Waals surface area contributed by atoms with Gasteiger partial charge in [-0.2, -0.15) is 5.21 Å². The topological polar surface area (TPSA) is 112 Å². The molecule has 1 aromatic heterocycles. The van der Waals surface area contributed by atoms with Crippen LogP contribution in [0.1, 0.15) is 90.3 Å². The van der Waals surface area contributed by atoms with Crippen LogP contribution in [-0.2, 0) is 11.2 Å². The second-order valence-corrected chi connectivity index (χ2v) is 8.09. The molecule has 158 valence electrons. The molecule has 1 aromatic rings. The predicted molar refractivity (Wildman–Crippen MR) is 108 cm³/mol. The van der Waals surface area contributed by atoms with Gasteiger partial charge in [-0.05, 0) is 31.8 Å². The van der Waals surface area contributed by atoms with Gasteiger partial charge in [-0.1, -0.05) is 50.7 Å². The number of carbonyl (C=O) groups excluding carboxylic acids is 1. The lowest BCUT2D eigenvalue weighted by Gasteiger charge is -2.23. The fraction of sp³-hybridized carbons (Fsp3) is 0.810. The zero-order valence-electron chi connectivity index (χ0n) is 17.4. The number of ketones is 1. The Morgan fingerprint density at radius 2 is 1.89 bits per heavy atom. The molecule has 0 radical (unpaired) electrons. The molecule has 2 rings (SSSR count). The van der Waals surface area contributed by atoms with Crippen molar-refractivity contribution in [3.05, 3.63) is 17.2 Å². The Hall–Kier alpha value is -1.76. The number of H-pyrrole nitrogens is 1. The van der Waals surface area contributed by atoms with Gasteiger partial charge in [0.25, 0.3) is 0 Å². The zero-order chi connectivity index (χ0) is 20.4. The van der Waals surface area contributed by atoms with E-state index in [2.05, 4.69) is 27.5 Å². The molecule has 7 nitrogen and oxygen atoms in total. The van der Waals surface area contributed by atoms with Crippen molar-refractivity contribution in [3.63, 3.8) is 0 Å². The van der Waals surface area contributed by atoms with E-state index in [1.165, 1.54) is 6.42 Å². The van der Waals surface area contributed by atoms with Crippen LogP contribution in [0.3, 0.4) is 0 Å². The van der Waals surface area contributed by atoms with Gasteiger partial charge in [0.15, 0.2) is 5.82 Å². The second kappa shape index (κ2) is 11.9. The molecule has 7 heteroatoms. The number of tetrazole rings is 1. The van der Waals surface area contributed by atoms with Crippen LogP contribution in [0.2, 0.25) is 0 Å². The lowest BCUT2D eigenvalue weighted by molar-refractivity contribution is -0.121. The van der Waals surface area contributed by atoms with Gasteiger partial charge in [-0.15, -0.1) is 10.2 Å². The number of aliphatic hydroxyl groups is 2. The van der Waals surface area contributed by atoms with Gasteiger partial charge in [0.05, 0.1) is 11.9 Å². The number of aromatic amines is 1. The summed E-state index contributed by atoms with van der Waals surface area (Å²) >= 11 is 0. The van der Waals surface area contributed by atoms with Crippen LogP contribution in [0.15, 0.2) is 11.3 Å². The van der Waals surface area contributed by atoms with Crippen LogP contribution >= 0.6 is 0 Å². The van der Waals surface area contributed by atoms with Crippen molar-refractivity contribution in [1.82, 2.24) is 20.6 Å². The number of allylic oxidation sites excluding steroid dienone is 1. The SMILES string of the molecule is CCCCCCC(O)=C(C)[C@H]1[C@H](CCCCCCc2nn[nH]n2)C(=O)C[C@@H]1O. The summed E-state index contributed by atoms with van der Waals surface area (Å²) in [6.07, 6.45) is 10.2. The largest absolute Gasteiger partial charge is 0.512 e. The first-order valence-corrected chi connectivity index (χ1v) is 10.9. The lowest BCUT2D eigenvalue weighted by atomic mass is 9.83. The van der Waals surface area contributed by atoms with Gasteiger partial charge in [-0.3, -0.25) is 4.79 Å². The van der Waals surface area contributed by atoms with Crippen LogP contribution < -0.4 is 0 Å². The van der Waals surface area contributed by atoms with E-state index < -0.39 is 6.10 Å². The Kier molecular flexibility index (Phi) is 9.61. The molecule has 0 bridgehead atoms. The number of aromatic nitrogens is 4. The maximum atomic E-state index is 12.4. The summed E-state index contributed by atoms with van der Waals surface area (Å²) in [5, 5.41) is 34.8. The minimum absolute atomic E-state index is 0.141. The van der Waals surface area contributed by atoms with E-state index in [1.807, 2.05) is 6.92 Å². The highest BCUT2D eigenvalue weighted by Crippen LogP contribution is 2.39. The minimum Gasteiger partial charge on any atom is -0.512 e. The monoisotopic (exact) mass is 392 g/mol. The number of nitrogens with zero attached hydrogens (tertiary/aromatic N) is 3. The Bertz CT molecular complexity index is 615. The zero-order valence-corrected chi connectivity index (χ0v) is 17.4. The molecule has 28 heavy (non-hydrogen) atoms. The summed E-state index contributed by atoms with van der Waals surface area (Å²) in [6, 6.07) is 0. The Morgan fingerprint density at radius 1 is 1.14 bits per heavy atom. The molecule has 1 aliphatic rings. The third-order valence-corrected chi connectivity index (χ3v) is 5.95. The number of hydrogen-bond acceptors (Lipinski definition) is 6. The predicted octanol–water partition coefficient (Wildman–Crippen LogP) is 4.06. The summed E-state index contributed by atoms with van der Waals surface area (Å²) in [5.41, 5.74) is 0.817. The van der Waals surface area contributed by atoms with Crippen molar-refractivity contribution < 1.29 is 15.0 Å². The molecule has 0 aliphatic heterocycles. The fourth-order valence-corrected chi connectivity index (χ4v) is 4.28. The molecule has 1 fully saturated rings. The van der Waals surface area contributed by atoms with E-state index in [4.69, 9.17) is 0 Å². The Labute approximate surface area is 168 Å². The summed E-state index contributed by atoms with van der Waals surface area (Å²) in [7, 11) is 0. The van der Waals surface area contributed by atoms with Gasteiger partial charge in [0, 0.05) is 31.1 Å². The van der Waals surface area contributed by atoms with Crippen molar-refractivity contribution >= 4 is 5.78 Å². The molecule has 0 unspecified atom stereocenters. The van der Waals surface area contributed by atoms with Crippen molar-refractivity contribution in [2.24, 2.45) is 11.8 Å². The quantitative estimate of drug-likeness (QED) is 0.345. The molecule has 1 heterocycles. The highest BCUT2D eigenvalue weighted by molar-refractivity contribution is 5.84. The minimum atomic E-state index is -0.659. The van der Waals surface area contributed by atoms with Crippen molar-refractivity contribution in [3.8, 4) is 0 Å². The van der Waals surface area contributed by atoms with E-state index in [0.29, 0.717) is 12.2 Å². The molecular formula is C21H36N4O3. The van der Waals surface area contributed by atoms with Crippen molar-refractivity contribution in [2.75, 3.05) is 0 Å². The highest BCUT2D eigenvalue weighted by atomic mass is 16.3. The van der Waals surface area contributed by atoms with E-state index in [0.717, 1.165) is 69.2 Å². The molecule has 0 spiro atoms. The summed E-state index contributed by atoms with van der Waals surface area (Å²) < 4.78 is 0. The molecule has 1 aliphatic carbocycles. The van der Waals surface area contributed by atoms with Crippen LogP contribution in [0.4, 0.5) is 0 Å². The maximum absolute atomic E-state index is 12.4. The number of hydrogen-bond donors (Lipinski definition) is 3. The van der Waals surface area contributed by atoms with Gasteiger partial charge in [0.1, 0.15) is 5.78 Å². The molecular weight excluding hydrogens is 356 g/mol. The number of carbonyl (C=O) groups is 1. The Balaban J connectivity index is 1.79. The first kappa shape index (κ1) is 22.5. The van der Waals surface area contributed by atoms with Crippen LogP contribution in [-0.4, -0.2) is 42.7 Å². The first-order valence-electron chi connectivity index (χ1n) is 10.9. The van der Waals surface area contributed by atoms with Crippen LogP contribution in [0.5, 0.6) is 0 Å². The third-order valence-electron chi connectivity index (χ3n) is 5.95. The molecule has 1 saturated carbocycles. The number of aliphatic hydroxyl groups excluding tert-OH is 2. The molecule has 0 saturated heterocycles. The number of nitrogens with one attached hydrogen (secondary N) is 1. The number of unbranched alkanes of at least 4 members (excludes halogenated alkanes) is 6. The highest BCUT2D eigenvalue weighted by Gasteiger charge is 2.42. The van der Waals surface area contributed by atoms with E-state index in [-0.39, 0.29) is 24.0 Å². The molecule has 0 aromatic carbocycles. The smallest absolute Gasteiger partial charge is 0.174 e. The van der Waals surface area contributed by atoms with Crippen molar-refractivity contribution in [2.45, 2.75) is 97.0 Å². The lowest BCUT2D eigenvalue weighted by Crippen LogP contribution is -2.23. The molecule has 3 atom stereocenters. The van der Waals surface area contributed by atoms with Crippen LogP contribution in [0, 0.1) is 11.8 Å². The van der Waals surface area contributed by atoms with Gasteiger partial charge >= 0.3 is 0 Å². The molecule has 3 N–H and O–H groups in total. The van der Waals surface area contributed by atoms with Gasteiger partial charge in [-0.25, -0.2) is 0 Å². The average molecular weight is 393 g/mol. The Morgan fingerprint density at radius 3 is 2.61 bits per heavy atom. The standard InChI is InChI=1S/C21H36N4O3/c1-3-4-5-9-12-17(26)15(2)21-16(18(27)14-19(21)28)11-8-6-7-10-13-20-22-24-25-23-20/h16,19,21,26,28H,3-14H2,1-2H3,(H,22,23,24,25)/t16-,19+,21+/m1/s1. The van der Waals surface area contributed by atoms with E-state index >= 15 is 0 Å². The number of Topliss-reactive ketones (excluding diaryl/α,β-unsaturated/α-hetero) is 1. The van der Waals surface area contributed by atoms with Crippen molar-refractivity contribution in [1.29, 1.82) is 0 Å². The third kappa shape index (κ3) is 6.69. The summed E-state index contributed by atoms with van der Waals surface area (Å²) in [4.78, 5) is 12.4. The van der Waals surface area contributed by atoms with Gasteiger partial charge < -0.3 is 10.2 Å². The summed E-state index contributed by atoms with van der Waals surface area (Å²) in [6.45, 7) is 4.05. The number of aryl methyl sites for hydroxylation is 1. The molecule has 0 amide bonds. The second-order valence-electron chi connectivity index (χ2n) is 8.09. The fourth-order valence-electron chi connectivity index (χ4n) is 4.28.